The van der Waals surface area contributed by atoms with Crippen molar-refractivity contribution in [3.05, 3.63) is 53.3 Å². The second kappa shape index (κ2) is 8.28. The summed E-state index contributed by atoms with van der Waals surface area (Å²) in [5.74, 6) is 6.29. The smallest absolute Gasteiger partial charge is 0.234 e. The van der Waals surface area contributed by atoms with Crippen LogP contribution in [0.5, 0.6) is 5.75 Å². The van der Waals surface area contributed by atoms with E-state index in [-0.39, 0.29) is 16.7 Å². The number of ether oxygens (including phenoxy) is 1. The molecule has 2 aromatic carbocycles. The van der Waals surface area contributed by atoms with Crippen molar-refractivity contribution in [3.8, 4) is 17.1 Å². The number of aromatic nitrogens is 3. The Bertz CT molecular complexity index is 982. The van der Waals surface area contributed by atoms with Crippen LogP contribution in [0.25, 0.3) is 11.4 Å². The Hall–Kier alpha value is -2.78. The number of anilines is 1. The van der Waals surface area contributed by atoms with Crippen LogP contribution >= 0.6 is 23.4 Å². The predicted molar refractivity (Wildman–Crippen MR) is 103 cm³/mol. The minimum atomic E-state index is -0.479. The van der Waals surface area contributed by atoms with Crippen LogP contribution in [0, 0.1) is 5.82 Å². The summed E-state index contributed by atoms with van der Waals surface area (Å²) < 4.78 is 19.6. The van der Waals surface area contributed by atoms with E-state index in [9.17, 15) is 9.18 Å². The van der Waals surface area contributed by atoms with Gasteiger partial charge in [0.05, 0.1) is 29.1 Å². The van der Waals surface area contributed by atoms with Gasteiger partial charge in [0.25, 0.3) is 0 Å². The standard InChI is InChI=1S/C17H15ClFN5O2S/c1-26-14-5-3-2-4-11(14)16-22-23-17(24(16)20)27-9-15(25)21-13-7-6-10(19)8-12(13)18/h2-8H,9,20H2,1H3,(H,21,25). The van der Waals surface area contributed by atoms with Crippen LogP contribution in [0.1, 0.15) is 0 Å². The van der Waals surface area contributed by atoms with Crippen molar-refractivity contribution in [1.29, 1.82) is 0 Å². The molecule has 10 heteroatoms. The summed E-state index contributed by atoms with van der Waals surface area (Å²) >= 11 is 7.00. The minimum Gasteiger partial charge on any atom is -0.496 e. The van der Waals surface area contributed by atoms with E-state index in [2.05, 4.69) is 15.5 Å². The van der Waals surface area contributed by atoms with Gasteiger partial charge in [0.1, 0.15) is 11.6 Å². The van der Waals surface area contributed by atoms with Crippen molar-refractivity contribution in [2.75, 3.05) is 24.0 Å². The van der Waals surface area contributed by atoms with E-state index >= 15 is 0 Å². The zero-order valence-electron chi connectivity index (χ0n) is 14.1. The molecule has 1 aromatic heterocycles. The number of amides is 1. The molecule has 0 saturated carbocycles. The highest BCUT2D eigenvalue weighted by molar-refractivity contribution is 7.99. The van der Waals surface area contributed by atoms with Crippen LogP contribution in [0.4, 0.5) is 10.1 Å². The van der Waals surface area contributed by atoms with Crippen LogP contribution in [-0.2, 0) is 4.79 Å². The molecule has 0 atom stereocenters. The van der Waals surface area contributed by atoms with Crippen LogP contribution in [0.2, 0.25) is 5.02 Å². The summed E-state index contributed by atoms with van der Waals surface area (Å²) in [5, 5.41) is 11.2. The molecule has 0 saturated heterocycles. The van der Waals surface area contributed by atoms with Crippen molar-refractivity contribution in [2.24, 2.45) is 0 Å². The van der Waals surface area contributed by atoms with Crippen LogP contribution in [0.15, 0.2) is 47.6 Å². The Balaban J connectivity index is 1.68. The van der Waals surface area contributed by atoms with E-state index in [4.69, 9.17) is 22.2 Å². The van der Waals surface area contributed by atoms with Crippen molar-refractivity contribution in [1.82, 2.24) is 14.9 Å². The van der Waals surface area contributed by atoms with Crippen LogP contribution < -0.4 is 15.9 Å². The molecule has 3 rings (SSSR count). The van der Waals surface area contributed by atoms with E-state index < -0.39 is 5.82 Å². The largest absolute Gasteiger partial charge is 0.496 e. The summed E-state index contributed by atoms with van der Waals surface area (Å²) in [6.07, 6.45) is 0. The molecule has 0 aliphatic heterocycles. The number of nitrogens with two attached hydrogens (primary N) is 1. The maximum atomic E-state index is 13.1. The molecule has 7 nitrogen and oxygen atoms in total. The molecule has 1 amide bonds. The van der Waals surface area contributed by atoms with Gasteiger partial charge >= 0.3 is 0 Å². The molecule has 140 valence electrons. The number of nitrogen functional groups attached to an aromatic ring is 1. The highest BCUT2D eigenvalue weighted by atomic mass is 35.5. The van der Waals surface area contributed by atoms with Crippen LogP contribution in [-0.4, -0.2) is 33.6 Å². The van der Waals surface area contributed by atoms with E-state index in [0.29, 0.717) is 28.0 Å². The van der Waals surface area contributed by atoms with Gasteiger partial charge in [-0.2, -0.15) is 0 Å². The highest BCUT2D eigenvalue weighted by Gasteiger charge is 2.17. The second-order valence-electron chi connectivity index (χ2n) is 5.34. The lowest BCUT2D eigenvalue weighted by atomic mass is 10.2. The van der Waals surface area contributed by atoms with E-state index in [1.165, 1.54) is 16.8 Å². The number of hydrogen-bond acceptors (Lipinski definition) is 6. The van der Waals surface area contributed by atoms with E-state index in [0.717, 1.165) is 17.8 Å². The fraction of sp³-hybridized carbons (Fsp3) is 0.118. The third kappa shape index (κ3) is 4.32. The Labute approximate surface area is 163 Å². The molecule has 27 heavy (non-hydrogen) atoms. The van der Waals surface area contributed by atoms with Gasteiger partial charge in [0.15, 0.2) is 5.82 Å². The van der Waals surface area contributed by atoms with Crippen molar-refractivity contribution in [3.63, 3.8) is 0 Å². The molecule has 0 aliphatic carbocycles. The zero-order valence-corrected chi connectivity index (χ0v) is 15.7. The number of benzene rings is 2. The number of carbonyl (C=O) groups is 1. The van der Waals surface area contributed by atoms with Gasteiger partial charge in [-0.3, -0.25) is 4.79 Å². The molecule has 1 heterocycles. The summed E-state index contributed by atoms with van der Waals surface area (Å²) in [6, 6.07) is 11.0. The Kier molecular flexibility index (Phi) is 5.82. The zero-order chi connectivity index (χ0) is 19.4. The van der Waals surface area contributed by atoms with Crippen molar-refractivity contribution in [2.45, 2.75) is 5.16 Å². The average molecular weight is 408 g/mol. The Morgan fingerprint density at radius 3 is 2.85 bits per heavy atom. The number of thioether (sulfide) groups is 1. The first kappa shape index (κ1) is 19.0. The predicted octanol–water partition coefficient (Wildman–Crippen LogP) is 3.19. The molecular weight excluding hydrogens is 393 g/mol. The second-order valence-corrected chi connectivity index (χ2v) is 6.69. The van der Waals surface area contributed by atoms with Gasteiger partial charge in [0, 0.05) is 0 Å². The number of hydrogen-bond donors (Lipinski definition) is 2. The maximum Gasteiger partial charge on any atom is 0.234 e. The summed E-state index contributed by atoms with van der Waals surface area (Å²) in [4.78, 5) is 12.1. The molecule has 0 bridgehead atoms. The number of methoxy groups -OCH3 is 1. The van der Waals surface area contributed by atoms with Gasteiger partial charge in [-0.1, -0.05) is 35.5 Å². The lowest BCUT2D eigenvalue weighted by molar-refractivity contribution is -0.113. The number of rotatable bonds is 6. The lowest BCUT2D eigenvalue weighted by Crippen LogP contribution is -2.16. The average Bonchev–Trinajstić information content (AvgIpc) is 3.02. The van der Waals surface area contributed by atoms with E-state index in [1.807, 2.05) is 18.2 Å². The molecule has 0 aliphatic rings. The summed E-state index contributed by atoms with van der Waals surface area (Å²) in [6.45, 7) is 0. The molecule has 0 spiro atoms. The molecular formula is C17H15ClFN5O2S. The first-order valence-corrected chi connectivity index (χ1v) is 9.07. The normalized spacial score (nSPS) is 10.6. The first-order chi connectivity index (χ1) is 13.0. The van der Waals surface area contributed by atoms with Crippen LogP contribution in [0.3, 0.4) is 0 Å². The molecule has 0 radical (unpaired) electrons. The number of carbonyl (C=O) groups excluding carboxylic acids is 1. The fourth-order valence-electron chi connectivity index (χ4n) is 2.30. The number of nitrogens with zero attached hydrogens (tertiary/aromatic N) is 3. The molecule has 0 unspecified atom stereocenters. The van der Waals surface area contributed by atoms with Gasteiger partial charge in [-0.15, -0.1) is 10.2 Å². The van der Waals surface area contributed by atoms with Gasteiger partial charge < -0.3 is 15.9 Å². The number of halogens is 2. The third-order valence-corrected chi connectivity index (χ3v) is 4.81. The van der Waals surface area contributed by atoms with Crippen molar-refractivity contribution >= 4 is 35.0 Å². The third-order valence-electron chi connectivity index (χ3n) is 3.55. The number of para-hydroxylation sites is 1. The monoisotopic (exact) mass is 407 g/mol. The minimum absolute atomic E-state index is 0.0228. The molecule has 3 N–H and O–H groups in total. The summed E-state index contributed by atoms with van der Waals surface area (Å²) in [5.41, 5.74) is 1.01. The fourth-order valence-corrected chi connectivity index (χ4v) is 3.17. The Morgan fingerprint density at radius 1 is 1.33 bits per heavy atom. The van der Waals surface area contributed by atoms with Gasteiger partial charge in [0.2, 0.25) is 11.1 Å². The molecule has 3 aromatic rings. The quantitative estimate of drug-likeness (QED) is 0.481. The van der Waals surface area contributed by atoms with Gasteiger partial charge in [-0.25, -0.2) is 9.07 Å². The SMILES string of the molecule is COc1ccccc1-c1nnc(SCC(=O)Nc2ccc(F)cc2Cl)n1N. The van der Waals surface area contributed by atoms with Crippen molar-refractivity contribution < 1.29 is 13.9 Å². The first-order valence-electron chi connectivity index (χ1n) is 7.71. The van der Waals surface area contributed by atoms with Gasteiger partial charge in [-0.05, 0) is 30.3 Å². The topological polar surface area (TPSA) is 95.1 Å². The number of nitrogens with one attached hydrogen (secondary N) is 1. The Morgan fingerprint density at radius 2 is 2.11 bits per heavy atom. The lowest BCUT2D eigenvalue weighted by Gasteiger charge is -2.08. The molecule has 0 fully saturated rings. The highest BCUT2D eigenvalue weighted by Crippen LogP contribution is 2.29. The van der Waals surface area contributed by atoms with E-state index in [1.54, 1.807) is 13.2 Å². The maximum absolute atomic E-state index is 13.1. The summed E-state index contributed by atoms with van der Waals surface area (Å²) in [7, 11) is 1.55.